The number of aromatic hydroxyl groups is 1. The number of fused-ring (bicyclic) bond motifs is 1. The van der Waals surface area contributed by atoms with Crippen LogP contribution < -0.4 is 0 Å². The summed E-state index contributed by atoms with van der Waals surface area (Å²) in [6.45, 7) is 1.69. The second kappa shape index (κ2) is 2.85. The number of hydrogen-bond donors (Lipinski definition) is 1. The third-order valence-corrected chi connectivity index (χ3v) is 2.15. The van der Waals surface area contributed by atoms with E-state index in [1.165, 1.54) is 0 Å². The average molecular weight is 195 g/mol. The topological polar surface area (TPSA) is 46.0 Å². The van der Waals surface area contributed by atoms with Gasteiger partial charge in [-0.2, -0.15) is 0 Å². The third kappa shape index (κ3) is 1.21. The van der Waals surface area contributed by atoms with E-state index in [1.807, 2.05) is 0 Å². The molecule has 4 heteroatoms. The number of rotatable bonds is 0. The minimum absolute atomic E-state index is 0.0972. The van der Waals surface area contributed by atoms with Crippen LogP contribution in [0, 0.1) is 6.92 Å². The fraction of sp³-hybridized carbons (Fsp3) is 0.111. The Morgan fingerprint density at radius 2 is 2.23 bits per heavy atom. The van der Waals surface area contributed by atoms with Crippen LogP contribution in [0.3, 0.4) is 0 Å². The molecule has 2 aromatic heterocycles. The summed E-state index contributed by atoms with van der Waals surface area (Å²) < 4.78 is 0. The van der Waals surface area contributed by atoms with Crippen molar-refractivity contribution in [2.75, 3.05) is 0 Å². The van der Waals surface area contributed by atoms with Crippen LogP contribution in [0.4, 0.5) is 0 Å². The fourth-order valence-corrected chi connectivity index (χ4v) is 1.47. The second-order valence-corrected chi connectivity index (χ2v) is 3.09. The van der Waals surface area contributed by atoms with E-state index in [-0.39, 0.29) is 5.75 Å². The summed E-state index contributed by atoms with van der Waals surface area (Å²) in [6, 6.07) is 3.53. The molecule has 66 valence electrons. The molecular weight excluding hydrogens is 188 g/mol. The van der Waals surface area contributed by atoms with Crippen LogP contribution in [0.5, 0.6) is 5.75 Å². The Balaban J connectivity index is 2.97. The highest BCUT2D eigenvalue weighted by atomic mass is 35.5. The van der Waals surface area contributed by atoms with E-state index in [4.69, 9.17) is 11.6 Å². The van der Waals surface area contributed by atoms with Gasteiger partial charge in [0.2, 0.25) is 0 Å². The molecule has 0 radical (unpaired) electrons. The second-order valence-electron chi connectivity index (χ2n) is 2.74. The van der Waals surface area contributed by atoms with Crippen molar-refractivity contribution in [3.05, 3.63) is 29.2 Å². The molecule has 0 aliphatic rings. The Morgan fingerprint density at radius 3 is 3.00 bits per heavy atom. The Labute approximate surface area is 80.0 Å². The largest absolute Gasteiger partial charge is 0.504 e. The van der Waals surface area contributed by atoms with Crippen molar-refractivity contribution >= 4 is 22.5 Å². The lowest BCUT2D eigenvalue weighted by atomic mass is 10.2. The van der Waals surface area contributed by atoms with Gasteiger partial charge >= 0.3 is 0 Å². The van der Waals surface area contributed by atoms with Gasteiger partial charge in [-0.3, -0.25) is 4.98 Å². The maximum Gasteiger partial charge on any atom is 0.163 e. The van der Waals surface area contributed by atoms with Crippen LogP contribution in [0.2, 0.25) is 5.15 Å². The summed E-state index contributed by atoms with van der Waals surface area (Å²) in [4.78, 5) is 8.00. The van der Waals surface area contributed by atoms with Gasteiger partial charge in [-0.15, -0.1) is 0 Å². The molecule has 0 bridgehead atoms. The highest BCUT2D eigenvalue weighted by Gasteiger charge is 2.08. The summed E-state index contributed by atoms with van der Waals surface area (Å²) >= 11 is 5.87. The van der Waals surface area contributed by atoms with Gasteiger partial charge in [-0.05, 0) is 19.1 Å². The summed E-state index contributed by atoms with van der Waals surface area (Å²) in [5.41, 5.74) is 0.996. The summed E-state index contributed by atoms with van der Waals surface area (Å²) in [5.74, 6) is 0.0972. The van der Waals surface area contributed by atoms with Crippen LogP contribution >= 0.6 is 11.6 Å². The van der Waals surface area contributed by atoms with Crippen LogP contribution in [-0.2, 0) is 0 Å². The van der Waals surface area contributed by atoms with Crippen molar-refractivity contribution in [1.82, 2.24) is 9.97 Å². The first-order chi connectivity index (χ1) is 6.20. The number of halogens is 1. The van der Waals surface area contributed by atoms with Gasteiger partial charge in [0.05, 0.1) is 5.69 Å². The molecule has 13 heavy (non-hydrogen) atoms. The SMILES string of the molecule is Cc1nc(Cl)c2cccnc2c1O. The van der Waals surface area contributed by atoms with Gasteiger partial charge < -0.3 is 5.11 Å². The van der Waals surface area contributed by atoms with Gasteiger partial charge in [0.25, 0.3) is 0 Å². The standard InChI is InChI=1S/C9H7ClN2O/c1-5-8(13)7-6(9(10)12-5)3-2-4-11-7/h2-4,13H,1H3. The molecule has 2 rings (SSSR count). The smallest absolute Gasteiger partial charge is 0.163 e. The van der Waals surface area contributed by atoms with E-state index in [2.05, 4.69) is 9.97 Å². The molecule has 0 saturated carbocycles. The molecule has 0 aliphatic heterocycles. The highest BCUT2D eigenvalue weighted by Crippen LogP contribution is 2.29. The maximum atomic E-state index is 9.60. The average Bonchev–Trinajstić information content (AvgIpc) is 2.15. The Kier molecular flexibility index (Phi) is 1.81. The molecule has 0 atom stereocenters. The number of aryl methyl sites for hydroxylation is 1. The molecule has 0 spiro atoms. The van der Waals surface area contributed by atoms with E-state index in [9.17, 15) is 5.11 Å². The number of aromatic nitrogens is 2. The van der Waals surface area contributed by atoms with Crippen molar-refractivity contribution in [3.63, 3.8) is 0 Å². The molecule has 2 aromatic rings. The van der Waals surface area contributed by atoms with Crippen LogP contribution in [0.1, 0.15) is 5.69 Å². The first-order valence-corrected chi connectivity index (χ1v) is 4.17. The van der Waals surface area contributed by atoms with Gasteiger partial charge in [0.15, 0.2) is 5.75 Å². The molecule has 0 saturated heterocycles. The highest BCUT2D eigenvalue weighted by molar-refractivity contribution is 6.34. The quantitative estimate of drug-likeness (QED) is 0.655. The summed E-state index contributed by atoms with van der Waals surface area (Å²) in [5, 5.41) is 10.6. The lowest BCUT2D eigenvalue weighted by molar-refractivity contribution is 0.473. The molecule has 0 fully saturated rings. The minimum Gasteiger partial charge on any atom is -0.504 e. The molecule has 1 N–H and O–H groups in total. The summed E-state index contributed by atoms with van der Waals surface area (Å²) in [6.07, 6.45) is 1.61. The normalized spacial score (nSPS) is 10.6. The molecule has 0 unspecified atom stereocenters. The zero-order valence-corrected chi connectivity index (χ0v) is 7.71. The van der Waals surface area contributed by atoms with Crippen LogP contribution in [0.15, 0.2) is 18.3 Å². The van der Waals surface area contributed by atoms with Crippen molar-refractivity contribution in [2.45, 2.75) is 6.92 Å². The van der Waals surface area contributed by atoms with Gasteiger partial charge in [0, 0.05) is 11.6 Å². The predicted molar refractivity (Wildman–Crippen MR) is 50.9 cm³/mol. The monoisotopic (exact) mass is 194 g/mol. The Hall–Kier alpha value is -1.35. The van der Waals surface area contributed by atoms with Crippen molar-refractivity contribution in [2.24, 2.45) is 0 Å². The number of pyridine rings is 2. The predicted octanol–water partition coefficient (Wildman–Crippen LogP) is 2.30. The van der Waals surface area contributed by atoms with E-state index >= 15 is 0 Å². The van der Waals surface area contributed by atoms with Gasteiger partial charge in [-0.1, -0.05) is 11.6 Å². The first-order valence-electron chi connectivity index (χ1n) is 3.80. The van der Waals surface area contributed by atoms with Gasteiger partial charge in [-0.25, -0.2) is 4.98 Å². The van der Waals surface area contributed by atoms with Crippen LogP contribution in [0.25, 0.3) is 10.9 Å². The molecule has 0 aliphatic carbocycles. The molecule has 0 aromatic carbocycles. The maximum absolute atomic E-state index is 9.60. The molecule has 0 amide bonds. The lowest BCUT2D eigenvalue weighted by Gasteiger charge is -2.03. The fourth-order valence-electron chi connectivity index (χ4n) is 1.19. The van der Waals surface area contributed by atoms with E-state index in [0.29, 0.717) is 21.7 Å². The Bertz CT molecular complexity index is 470. The zero-order chi connectivity index (χ0) is 9.42. The minimum atomic E-state index is 0.0972. The number of nitrogens with zero attached hydrogens (tertiary/aromatic N) is 2. The first kappa shape index (κ1) is 8.26. The van der Waals surface area contributed by atoms with Crippen molar-refractivity contribution in [1.29, 1.82) is 0 Å². The Morgan fingerprint density at radius 1 is 1.46 bits per heavy atom. The molecule has 2 heterocycles. The van der Waals surface area contributed by atoms with Crippen LogP contribution in [-0.4, -0.2) is 15.1 Å². The molecule has 3 nitrogen and oxygen atoms in total. The summed E-state index contributed by atoms with van der Waals surface area (Å²) in [7, 11) is 0. The van der Waals surface area contributed by atoms with Crippen molar-refractivity contribution in [3.8, 4) is 5.75 Å². The van der Waals surface area contributed by atoms with Gasteiger partial charge in [0.1, 0.15) is 10.7 Å². The van der Waals surface area contributed by atoms with E-state index in [0.717, 1.165) is 0 Å². The van der Waals surface area contributed by atoms with Crippen molar-refractivity contribution < 1.29 is 5.11 Å². The molecular formula is C9H7ClN2O. The third-order valence-electron chi connectivity index (χ3n) is 1.86. The van der Waals surface area contributed by atoms with E-state index < -0.39 is 0 Å². The number of hydrogen-bond acceptors (Lipinski definition) is 3. The lowest BCUT2D eigenvalue weighted by Crippen LogP contribution is -1.88. The van der Waals surface area contributed by atoms with E-state index in [1.54, 1.807) is 25.3 Å². The zero-order valence-electron chi connectivity index (χ0n) is 6.95.